The highest BCUT2D eigenvalue weighted by Gasteiger charge is 2.12. The molecule has 0 fully saturated rings. The van der Waals surface area contributed by atoms with Crippen LogP contribution in [-0.2, 0) is 6.42 Å². The van der Waals surface area contributed by atoms with E-state index in [2.05, 4.69) is 21.7 Å². The molecule has 6 heteroatoms. The second-order valence-electron chi connectivity index (χ2n) is 6.11. The molecule has 2 N–H and O–H groups in total. The number of carbonyl (C=O) groups excluding carboxylic acids is 1. The zero-order chi connectivity index (χ0) is 19.8. The first kappa shape index (κ1) is 19.2. The minimum Gasteiger partial charge on any atom is -0.497 e. The molecule has 0 spiro atoms. The number of carbonyl (C=O) groups is 1. The number of ether oxygens (including phenoxy) is 2. The van der Waals surface area contributed by atoms with Crippen LogP contribution in [0, 0.1) is 0 Å². The molecule has 144 valence electrons. The van der Waals surface area contributed by atoms with Gasteiger partial charge >= 0.3 is 0 Å². The Morgan fingerprint density at radius 2 is 1.86 bits per heavy atom. The van der Waals surface area contributed by atoms with E-state index in [-0.39, 0.29) is 5.91 Å². The first-order valence-electron chi connectivity index (χ1n) is 8.97. The van der Waals surface area contributed by atoms with Crippen molar-refractivity contribution in [2.45, 2.75) is 6.42 Å². The van der Waals surface area contributed by atoms with Gasteiger partial charge in [-0.25, -0.2) is 4.98 Å². The maximum absolute atomic E-state index is 12.4. The van der Waals surface area contributed by atoms with E-state index in [1.54, 1.807) is 37.6 Å². The third kappa shape index (κ3) is 5.01. The number of para-hydroxylation sites is 1. The topological polar surface area (TPSA) is 72.5 Å². The van der Waals surface area contributed by atoms with Gasteiger partial charge in [-0.05, 0) is 48.4 Å². The molecule has 0 saturated carbocycles. The van der Waals surface area contributed by atoms with Gasteiger partial charge in [0.2, 0.25) is 0 Å². The zero-order valence-electron chi connectivity index (χ0n) is 15.9. The van der Waals surface area contributed by atoms with Crippen LogP contribution in [0.3, 0.4) is 0 Å². The summed E-state index contributed by atoms with van der Waals surface area (Å²) >= 11 is 0. The van der Waals surface area contributed by atoms with E-state index in [4.69, 9.17) is 9.47 Å². The van der Waals surface area contributed by atoms with E-state index >= 15 is 0 Å². The second-order valence-corrected chi connectivity index (χ2v) is 6.11. The van der Waals surface area contributed by atoms with Gasteiger partial charge in [0.1, 0.15) is 17.3 Å². The van der Waals surface area contributed by atoms with Gasteiger partial charge in [-0.3, -0.25) is 4.79 Å². The molecule has 1 amide bonds. The molecule has 0 radical (unpaired) electrons. The number of amides is 1. The van der Waals surface area contributed by atoms with Crippen LogP contribution in [0.2, 0.25) is 0 Å². The summed E-state index contributed by atoms with van der Waals surface area (Å²) in [6, 6.07) is 18.7. The predicted octanol–water partition coefficient (Wildman–Crippen LogP) is 4.01. The molecule has 0 aliphatic carbocycles. The molecular weight excluding hydrogens is 354 g/mol. The van der Waals surface area contributed by atoms with Gasteiger partial charge in [0.05, 0.1) is 31.7 Å². The highest BCUT2D eigenvalue weighted by atomic mass is 16.5. The minimum atomic E-state index is -0.260. The van der Waals surface area contributed by atoms with Crippen LogP contribution in [0.25, 0.3) is 0 Å². The largest absolute Gasteiger partial charge is 0.497 e. The summed E-state index contributed by atoms with van der Waals surface area (Å²) in [6.07, 6.45) is 2.56. The summed E-state index contributed by atoms with van der Waals surface area (Å²) in [4.78, 5) is 16.7. The smallest absolute Gasteiger partial charge is 0.260 e. The van der Waals surface area contributed by atoms with E-state index in [9.17, 15) is 4.79 Å². The van der Waals surface area contributed by atoms with Crippen molar-refractivity contribution in [3.8, 4) is 11.5 Å². The molecule has 0 aliphatic heterocycles. The number of benzene rings is 2. The Hall–Kier alpha value is -3.54. The second kappa shape index (κ2) is 9.41. The van der Waals surface area contributed by atoms with Crippen molar-refractivity contribution in [3.63, 3.8) is 0 Å². The lowest BCUT2D eigenvalue weighted by atomic mass is 10.1. The van der Waals surface area contributed by atoms with E-state index in [1.165, 1.54) is 12.7 Å². The van der Waals surface area contributed by atoms with E-state index in [1.807, 2.05) is 30.3 Å². The molecule has 6 nitrogen and oxygen atoms in total. The fourth-order valence-electron chi connectivity index (χ4n) is 2.77. The lowest BCUT2D eigenvalue weighted by Gasteiger charge is -2.10. The summed E-state index contributed by atoms with van der Waals surface area (Å²) < 4.78 is 10.5. The first-order valence-corrected chi connectivity index (χ1v) is 8.97. The van der Waals surface area contributed by atoms with Crippen LogP contribution < -0.4 is 20.1 Å². The summed E-state index contributed by atoms with van der Waals surface area (Å²) in [7, 11) is 3.20. The third-order valence-electron chi connectivity index (χ3n) is 4.23. The van der Waals surface area contributed by atoms with Crippen molar-refractivity contribution < 1.29 is 14.3 Å². The summed E-state index contributed by atoms with van der Waals surface area (Å²) in [5, 5.41) is 6.11. The minimum absolute atomic E-state index is 0.260. The molecule has 0 unspecified atom stereocenters. The number of methoxy groups -OCH3 is 2. The van der Waals surface area contributed by atoms with Crippen molar-refractivity contribution >= 4 is 17.4 Å². The number of pyridine rings is 1. The molecule has 0 saturated heterocycles. The third-order valence-corrected chi connectivity index (χ3v) is 4.23. The van der Waals surface area contributed by atoms with Gasteiger partial charge in [0.15, 0.2) is 0 Å². The van der Waals surface area contributed by atoms with E-state index in [0.717, 1.165) is 24.4 Å². The maximum Gasteiger partial charge on any atom is 0.260 e. The molecule has 3 rings (SSSR count). The number of anilines is 2. The highest BCUT2D eigenvalue weighted by Crippen LogP contribution is 2.19. The SMILES string of the molecule is COc1cccc(CCNc2ccc(NC(=O)c3ccccc3OC)nc2)c1. The van der Waals surface area contributed by atoms with Gasteiger partial charge < -0.3 is 20.1 Å². The van der Waals surface area contributed by atoms with Crippen LogP contribution in [0.1, 0.15) is 15.9 Å². The van der Waals surface area contributed by atoms with E-state index in [0.29, 0.717) is 17.1 Å². The number of nitrogens with zero attached hydrogens (tertiary/aromatic N) is 1. The summed E-state index contributed by atoms with van der Waals surface area (Å²) in [5.74, 6) is 1.60. The highest BCUT2D eigenvalue weighted by molar-refractivity contribution is 6.05. The average Bonchev–Trinajstić information content (AvgIpc) is 2.75. The molecule has 1 heterocycles. The number of nitrogens with one attached hydrogen (secondary N) is 2. The Balaban J connectivity index is 1.54. The molecule has 0 bridgehead atoms. The Morgan fingerprint density at radius 1 is 1.00 bits per heavy atom. The standard InChI is InChI=1S/C22H23N3O3/c1-27-18-7-5-6-16(14-18)12-13-23-17-10-11-21(24-15-17)25-22(26)19-8-3-4-9-20(19)28-2/h3-11,14-15,23H,12-13H2,1-2H3,(H,24,25,26). The lowest BCUT2D eigenvalue weighted by molar-refractivity contribution is 0.102. The molecule has 1 aromatic heterocycles. The summed E-state index contributed by atoms with van der Waals surface area (Å²) in [6.45, 7) is 0.766. The Labute approximate surface area is 164 Å². The van der Waals surface area contributed by atoms with Crippen molar-refractivity contribution in [2.24, 2.45) is 0 Å². The van der Waals surface area contributed by atoms with Crippen LogP contribution in [0.15, 0.2) is 66.9 Å². The van der Waals surface area contributed by atoms with Gasteiger partial charge in [-0.1, -0.05) is 24.3 Å². The molecule has 2 aromatic carbocycles. The zero-order valence-corrected chi connectivity index (χ0v) is 15.9. The molecule has 0 aliphatic rings. The van der Waals surface area contributed by atoms with Gasteiger partial charge in [0.25, 0.3) is 5.91 Å². The number of aromatic nitrogens is 1. The maximum atomic E-state index is 12.4. The van der Waals surface area contributed by atoms with Gasteiger partial charge in [-0.2, -0.15) is 0 Å². The number of hydrogen-bond acceptors (Lipinski definition) is 5. The molecule has 0 atom stereocenters. The van der Waals surface area contributed by atoms with E-state index < -0.39 is 0 Å². The van der Waals surface area contributed by atoms with Crippen LogP contribution in [-0.4, -0.2) is 31.7 Å². The molecule has 28 heavy (non-hydrogen) atoms. The quantitative estimate of drug-likeness (QED) is 0.621. The van der Waals surface area contributed by atoms with Gasteiger partial charge in [-0.15, -0.1) is 0 Å². The monoisotopic (exact) mass is 377 g/mol. The van der Waals surface area contributed by atoms with Crippen LogP contribution >= 0.6 is 0 Å². The van der Waals surface area contributed by atoms with Crippen molar-refractivity contribution in [3.05, 3.63) is 78.0 Å². The number of hydrogen-bond donors (Lipinski definition) is 2. The Kier molecular flexibility index (Phi) is 6.46. The van der Waals surface area contributed by atoms with Crippen molar-refractivity contribution in [1.82, 2.24) is 4.98 Å². The van der Waals surface area contributed by atoms with Crippen molar-refractivity contribution in [2.75, 3.05) is 31.4 Å². The lowest BCUT2D eigenvalue weighted by Crippen LogP contribution is -2.14. The first-order chi connectivity index (χ1) is 13.7. The van der Waals surface area contributed by atoms with Crippen LogP contribution in [0.5, 0.6) is 11.5 Å². The summed E-state index contributed by atoms with van der Waals surface area (Å²) in [5.41, 5.74) is 2.55. The van der Waals surface area contributed by atoms with Crippen molar-refractivity contribution in [1.29, 1.82) is 0 Å². The Morgan fingerprint density at radius 3 is 2.61 bits per heavy atom. The van der Waals surface area contributed by atoms with Gasteiger partial charge in [0, 0.05) is 6.54 Å². The predicted molar refractivity (Wildman–Crippen MR) is 110 cm³/mol. The normalized spacial score (nSPS) is 10.2. The molecule has 3 aromatic rings. The Bertz CT molecular complexity index is 926. The fraction of sp³-hybridized carbons (Fsp3) is 0.182. The fourth-order valence-corrected chi connectivity index (χ4v) is 2.77. The molecular formula is C22H23N3O3. The number of rotatable bonds is 8. The average molecular weight is 377 g/mol. The van der Waals surface area contributed by atoms with Crippen LogP contribution in [0.4, 0.5) is 11.5 Å².